The molecule has 0 radical (unpaired) electrons. The number of nitrogens with one attached hydrogen (secondary N) is 1. The summed E-state index contributed by atoms with van der Waals surface area (Å²) in [5, 5.41) is 5.14. The highest BCUT2D eigenvalue weighted by Gasteiger charge is 2.11. The van der Waals surface area contributed by atoms with Crippen LogP contribution in [-0.4, -0.2) is 4.98 Å². The lowest BCUT2D eigenvalue weighted by Crippen LogP contribution is -1.79. The van der Waals surface area contributed by atoms with Crippen LogP contribution in [-0.2, 0) is 0 Å². The average molecular weight is 293 g/mol. The standard InChI is InChI=1S/C22H15N/c1-2-7-15(8-3-1)17-11-6-12-20-21(17)19-14-13-16-9-4-5-10-18(16)22(19)23-20/h1-14,23H. The fourth-order valence-corrected chi connectivity index (χ4v) is 3.55. The lowest BCUT2D eigenvalue weighted by atomic mass is 9.98. The van der Waals surface area contributed by atoms with Crippen molar-refractivity contribution in [3.05, 3.63) is 84.9 Å². The van der Waals surface area contributed by atoms with Crippen molar-refractivity contribution >= 4 is 32.6 Å². The van der Waals surface area contributed by atoms with Crippen molar-refractivity contribution in [2.24, 2.45) is 0 Å². The van der Waals surface area contributed by atoms with E-state index in [1.54, 1.807) is 0 Å². The number of fused-ring (bicyclic) bond motifs is 5. The smallest absolute Gasteiger partial charge is 0.0544 e. The molecule has 0 spiro atoms. The Kier molecular flexibility index (Phi) is 2.56. The summed E-state index contributed by atoms with van der Waals surface area (Å²) in [6, 6.07) is 30.1. The van der Waals surface area contributed by atoms with Crippen molar-refractivity contribution < 1.29 is 0 Å². The quantitative estimate of drug-likeness (QED) is 0.382. The molecule has 0 aliphatic heterocycles. The van der Waals surface area contributed by atoms with Crippen LogP contribution in [0.2, 0.25) is 0 Å². The van der Waals surface area contributed by atoms with Crippen LogP contribution in [0.4, 0.5) is 0 Å². The molecule has 1 aromatic heterocycles. The monoisotopic (exact) mass is 293 g/mol. The second kappa shape index (κ2) is 4.72. The van der Waals surface area contributed by atoms with Gasteiger partial charge in [0.2, 0.25) is 0 Å². The molecule has 0 saturated carbocycles. The second-order valence-electron chi connectivity index (χ2n) is 5.93. The number of rotatable bonds is 1. The molecule has 0 saturated heterocycles. The highest BCUT2D eigenvalue weighted by Crippen LogP contribution is 2.36. The van der Waals surface area contributed by atoms with Crippen LogP contribution in [0.3, 0.4) is 0 Å². The zero-order chi connectivity index (χ0) is 15.2. The minimum atomic E-state index is 1.19. The summed E-state index contributed by atoms with van der Waals surface area (Å²) < 4.78 is 0. The molecule has 4 aromatic carbocycles. The lowest BCUT2D eigenvalue weighted by molar-refractivity contribution is 1.56. The van der Waals surface area contributed by atoms with Gasteiger partial charge in [-0.1, -0.05) is 78.9 Å². The van der Waals surface area contributed by atoms with Gasteiger partial charge in [-0.15, -0.1) is 0 Å². The van der Waals surface area contributed by atoms with Crippen LogP contribution in [0.15, 0.2) is 84.9 Å². The largest absolute Gasteiger partial charge is 0.354 e. The van der Waals surface area contributed by atoms with E-state index in [0.717, 1.165) is 0 Å². The molecule has 108 valence electrons. The maximum Gasteiger partial charge on any atom is 0.0544 e. The minimum Gasteiger partial charge on any atom is -0.354 e. The van der Waals surface area contributed by atoms with Gasteiger partial charge in [-0.2, -0.15) is 0 Å². The molecule has 0 unspecified atom stereocenters. The third-order valence-corrected chi connectivity index (χ3v) is 4.61. The Morgan fingerprint density at radius 1 is 0.565 bits per heavy atom. The Hall–Kier alpha value is -3.06. The van der Waals surface area contributed by atoms with Crippen molar-refractivity contribution in [3.8, 4) is 11.1 Å². The lowest BCUT2D eigenvalue weighted by Gasteiger charge is -2.04. The SMILES string of the molecule is c1ccc(-c2cccc3[nH]c4c5ccccc5ccc4c23)cc1. The fourth-order valence-electron chi connectivity index (χ4n) is 3.55. The molecule has 0 amide bonds. The zero-order valence-corrected chi connectivity index (χ0v) is 12.6. The number of hydrogen-bond donors (Lipinski definition) is 1. The summed E-state index contributed by atoms with van der Waals surface area (Å²) in [6.07, 6.45) is 0. The van der Waals surface area contributed by atoms with Crippen LogP contribution >= 0.6 is 0 Å². The number of aromatic amines is 1. The molecule has 23 heavy (non-hydrogen) atoms. The van der Waals surface area contributed by atoms with Crippen LogP contribution in [0.1, 0.15) is 0 Å². The molecule has 0 bridgehead atoms. The van der Waals surface area contributed by atoms with Crippen LogP contribution in [0.5, 0.6) is 0 Å². The first-order valence-corrected chi connectivity index (χ1v) is 7.89. The van der Waals surface area contributed by atoms with E-state index in [9.17, 15) is 0 Å². The first-order valence-electron chi connectivity index (χ1n) is 7.89. The van der Waals surface area contributed by atoms with E-state index in [0.29, 0.717) is 0 Å². The van der Waals surface area contributed by atoms with E-state index in [1.165, 1.54) is 43.7 Å². The third-order valence-electron chi connectivity index (χ3n) is 4.61. The Morgan fingerprint density at radius 3 is 2.30 bits per heavy atom. The highest BCUT2D eigenvalue weighted by molar-refractivity contribution is 6.20. The van der Waals surface area contributed by atoms with Crippen molar-refractivity contribution in [2.45, 2.75) is 0 Å². The van der Waals surface area contributed by atoms with Gasteiger partial charge in [0.1, 0.15) is 0 Å². The molecule has 0 atom stereocenters. The third kappa shape index (κ3) is 1.80. The van der Waals surface area contributed by atoms with Gasteiger partial charge in [0.25, 0.3) is 0 Å². The molecule has 5 rings (SSSR count). The maximum absolute atomic E-state index is 3.63. The Balaban J connectivity index is 1.97. The highest BCUT2D eigenvalue weighted by atomic mass is 14.7. The first kappa shape index (κ1) is 12.5. The molecule has 1 heteroatoms. The molecule has 0 fully saturated rings. The molecular formula is C22H15N. The van der Waals surface area contributed by atoms with Crippen LogP contribution < -0.4 is 0 Å². The molecule has 1 heterocycles. The predicted molar refractivity (Wildman–Crippen MR) is 98.7 cm³/mol. The number of benzene rings is 4. The van der Waals surface area contributed by atoms with Gasteiger partial charge in [-0.05, 0) is 22.6 Å². The van der Waals surface area contributed by atoms with E-state index >= 15 is 0 Å². The summed E-state index contributed by atoms with van der Waals surface area (Å²) in [6.45, 7) is 0. The van der Waals surface area contributed by atoms with E-state index in [1.807, 2.05) is 0 Å². The average Bonchev–Trinajstić information content (AvgIpc) is 3.01. The molecular weight excluding hydrogens is 278 g/mol. The Morgan fingerprint density at radius 2 is 1.39 bits per heavy atom. The fraction of sp³-hybridized carbons (Fsp3) is 0. The van der Waals surface area contributed by atoms with Gasteiger partial charge in [-0.25, -0.2) is 0 Å². The van der Waals surface area contributed by atoms with Crippen LogP contribution in [0.25, 0.3) is 43.7 Å². The summed E-state index contributed by atoms with van der Waals surface area (Å²) in [5.41, 5.74) is 4.95. The normalized spacial score (nSPS) is 11.5. The van der Waals surface area contributed by atoms with E-state index < -0.39 is 0 Å². The molecule has 0 aliphatic carbocycles. The van der Waals surface area contributed by atoms with E-state index in [4.69, 9.17) is 0 Å². The predicted octanol–water partition coefficient (Wildman–Crippen LogP) is 6.14. The zero-order valence-electron chi connectivity index (χ0n) is 12.6. The number of aromatic nitrogens is 1. The van der Waals surface area contributed by atoms with E-state index in [2.05, 4.69) is 89.9 Å². The van der Waals surface area contributed by atoms with Gasteiger partial charge < -0.3 is 4.98 Å². The van der Waals surface area contributed by atoms with Crippen molar-refractivity contribution in [2.75, 3.05) is 0 Å². The van der Waals surface area contributed by atoms with Crippen molar-refractivity contribution in [1.29, 1.82) is 0 Å². The molecule has 1 N–H and O–H groups in total. The number of hydrogen-bond acceptors (Lipinski definition) is 0. The molecule has 1 nitrogen and oxygen atoms in total. The summed E-state index contributed by atoms with van der Waals surface area (Å²) in [5.74, 6) is 0. The van der Waals surface area contributed by atoms with Gasteiger partial charge >= 0.3 is 0 Å². The van der Waals surface area contributed by atoms with Crippen molar-refractivity contribution in [3.63, 3.8) is 0 Å². The van der Waals surface area contributed by atoms with Crippen LogP contribution in [0, 0.1) is 0 Å². The van der Waals surface area contributed by atoms with Gasteiger partial charge in [-0.3, -0.25) is 0 Å². The minimum absolute atomic E-state index is 1.19. The second-order valence-corrected chi connectivity index (χ2v) is 5.93. The summed E-state index contributed by atoms with van der Waals surface area (Å²) >= 11 is 0. The maximum atomic E-state index is 3.63. The topological polar surface area (TPSA) is 15.8 Å². The summed E-state index contributed by atoms with van der Waals surface area (Å²) in [7, 11) is 0. The molecule has 5 aromatic rings. The van der Waals surface area contributed by atoms with Gasteiger partial charge in [0, 0.05) is 21.7 Å². The molecule has 0 aliphatic rings. The van der Waals surface area contributed by atoms with E-state index in [-0.39, 0.29) is 0 Å². The number of H-pyrrole nitrogens is 1. The van der Waals surface area contributed by atoms with Gasteiger partial charge in [0.05, 0.1) is 5.52 Å². The first-order chi connectivity index (χ1) is 11.4. The van der Waals surface area contributed by atoms with Gasteiger partial charge in [0.15, 0.2) is 0 Å². The van der Waals surface area contributed by atoms with Crippen molar-refractivity contribution in [1.82, 2.24) is 4.98 Å². The summed E-state index contributed by atoms with van der Waals surface area (Å²) in [4.78, 5) is 3.63. The Bertz CT molecular complexity index is 1150. The Labute approximate surface area is 134 Å².